The molecule has 0 bridgehead atoms. The summed E-state index contributed by atoms with van der Waals surface area (Å²) in [5.41, 5.74) is 7.22. The Morgan fingerprint density at radius 2 is 0.988 bits per heavy atom. The molecule has 3 aromatic rings. The van der Waals surface area contributed by atoms with Crippen molar-refractivity contribution in [3.05, 3.63) is 89.5 Å². The van der Waals surface area contributed by atoms with Crippen molar-refractivity contribution in [2.24, 2.45) is 17.6 Å². The maximum absolute atomic E-state index is 14.7. The van der Waals surface area contributed by atoms with Crippen molar-refractivity contribution >= 4 is 59.2 Å². The molecule has 0 aliphatic carbocycles. The van der Waals surface area contributed by atoms with E-state index in [0.29, 0.717) is 36.0 Å². The van der Waals surface area contributed by atoms with Crippen LogP contribution in [0, 0.1) is 11.8 Å². The summed E-state index contributed by atoms with van der Waals surface area (Å²) < 4.78 is 0. The average molecular weight is 1130 g/mol. The van der Waals surface area contributed by atoms with Gasteiger partial charge >= 0.3 is 11.9 Å². The minimum absolute atomic E-state index is 0.0705. The number of aliphatic carboxylic acids is 2. The van der Waals surface area contributed by atoms with Crippen LogP contribution in [0.4, 0.5) is 0 Å². The molecule has 0 radical (unpaired) electrons. The summed E-state index contributed by atoms with van der Waals surface area (Å²) >= 11 is 0. The first-order valence-electron chi connectivity index (χ1n) is 27.0. The van der Waals surface area contributed by atoms with Crippen LogP contribution in [-0.2, 0) is 67.2 Å². The highest BCUT2D eigenvalue weighted by Gasteiger charge is 2.45. The van der Waals surface area contributed by atoms with Crippen molar-refractivity contribution in [1.82, 2.24) is 41.7 Å². The molecule has 2 aliphatic rings. The van der Waals surface area contributed by atoms with Crippen LogP contribution < -0.4 is 37.6 Å². The third-order valence-corrected chi connectivity index (χ3v) is 14.5. The van der Waals surface area contributed by atoms with Gasteiger partial charge in [-0.2, -0.15) is 0 Å². The van der Waals surface area contributed by atoms with E-state index >= 15 is 0 Å². The van der Waals surface area contributed by atoms with Gasteiger partial charge in [0.1, 0.15) is 65.6 Å². The normalized spacial score (nSPS) is 18.0. The lowest BCUT2D eigenvalue weighted by Crippen LogP contribution is -2.61. The van der Waals surface area contributed by atoms with Crippen LogP contribution in [0.3, 0.4) is 0 Å². The Morgan fingerprint density at radius 1 is 0.556 bits per heavy atom. The molecule has 8 amide bonds. The van der Waals surface area contributed by atoms with E-state index in [1.165, 1.54) is 82.6 Å². The molecule has 25 nitrogen and oxygen atoms in total. The van der Waals surface area contributed by atoms with Crippen molar-refractivity contribution in [3.63, 3.8) is 0 Å². The molecular weight excluding hydrogens is 1050 g/mol. The van der Waals surface area contributed by atoms with Crippen LogP contribution in [0.25, 0.3) is 0 Å². The van der Waals surface area contributed by atoms with Crippen LogP contribution in [0.15, 0.2) is 72.8 Å². The topological polar surface area (TPSA) is 397 Å². The number of amides is 8. The lowest BCUT2D eigenvalue weighted by atomic mass is 9.95. The molecule has 0 aromatic heterocycles. The van der Waals surface area contributed by atoms with Gasteiger partial charge in [0, 0.05) is 38.8 Å². The summed E-state index contributed by atoms with van der Waals surface area (Å²) in [6, 6.07) is 4.93. The minimum atomic E-state index is -1.73. The highest BCUT2D eigenvalue weighted by atomic mass is 16.4. The van der Waals surface area contributed by atoms with Crippen molar-refractivity contribution in [2.45, 2.75) is 146 Å². The Balaban J connectivity index is 1.35. The molecule has 2 saturated heterocycles. The zero-order chi connectivity index (χ0) is 59.7. The number of rotatable bonds is 28. The molecule has 14 N–H and O–H groups in total. The zero-order valence-electron chi connectivity index (χ0n) is 45.7. The maximum atomic E-state index is 14.7. The number of likely N-dealkylation sites (tertiary alicyclic amines) is 2. The van der Waals surface area contributed by atoms with E-state index in [2.05, 4.69) is 31.9 Å². The van der Waals surface area contributed by atoms with E-state index in [0.717, 1.165) is 0 Å². The first kappa shape index (κ1) is 63.5. The first-order chi connectivity index (χ1) is 38.4. The van der Waals surface area contributed by atoms with Crippen molar-refractivity contribution in [3.8, 4) is 17.2 Å². The summed E-state index contributed by atoms with van der Waals surface area (Å²) in [5.74, 6) is -10.1. The fourth-order valence-electron chi connectivity index (χ4n) is 9.59. The standard InChI is InChI=1S/C56H75N9O16/c1-5-31(4)47(63-53(77)46(30(2)3)62-48(72)38(57)22-23-45(70)71)55(79)65-25-7-9-44(65)54(78)64-24-6-8-43(64)52(76)59-40(27-33-12-18-36(68)19-13-33)49(73)58-39(26-32-10-16-35(67)17-11-32)50(74)61-42(29-66)51(75)60-41(56(80)81)28-34-14-20-37(69)21-15-34/h10-21,30-31,38-44,46-47,66-69H,5-9,22-29,57H2,1-4H3,(H,58,73)(H,59,76)(H,60,75)(H,61,74)(H,62,72)(H,63,77)(H,70,71)(H,80,81)/t31-,38-,39-,40-,41-,42-,43-,44-,46-,47-/m0/s1. The highest BCUT2D eigenvalue weighted by Crippen LogP contribution is 2.28. The van der Waals surface area contributed by atoms with Gasteiger partial charge in [-0.25, -0.2) is 4.79 Å². The number of carboxylic acid groups (broad SMARTS) is 2. The van der Waals surface area contributed by atoms with E-state index in [1.807, 2.05) is 6.92 Å². The second-order valence-electron chi connectivity index (χ2n) is 20.9. The molecule has 5 rings (SSSR count). The monoisotopic (exact) mass is 1130 g/mol. The number of aliphatic hydroxyl groups excluding tert-OH is 1. The SMILES string of the molecule is CC[C@H](C)[C@H](NC(=O)[C@@H](NC(=O)[C@@H](N)CCC(=O)O)C(C)C)C(=O)N1CCC[C@H]1C(=O)N1CCC[C@H]1C(=O)N[C@@H](Cc1ccc(O)cc1)C(=O)N[C@@H](Cc1ccc(O)cc1)C(=O)N[C@@H](CO)C(=O)N[C@@H](Cc1ccc(O)cc1)C(=O)O. The number of aliphatic hydroxyl groups is 1. The van der Waals surface area contributed by atoms with Crippen LogP contribution in [-0.4, -0.2) is 174 Å². The van der Waals surface area contributed by atoms with Gasteiger partial charge in [-0.3, -0.25) is 43.2 Å². The number of benzene rings is 3. The van der Waals surface area contributed by atoms with E-state index < -0.39 is 132 Å². The first-order valence-corrected chi connectivity index (χ1v) is 27.0. The van der Waals surface area contributed by atoms with Crippen molar-refractivity contribution in [1.29, 1.82) is 0 Å². The number of aromatic hydroxyl groups is 3. The lowest BCUT2D eigenvalue weighted by molar-refractivity contribution is -0.149. The van der Waals surface area contributed by atoms with Gasteiger partial charge in [-0.05, 0) is 97.0 Å². The Hall–Kier alpha value is -8.32. The summed E-state index contributed by atoms with van der Waals surface area (Å²) in [7, 11) is 0. The number of carboxylic acids is 2. The number of phenolic OH excluding ortho intramolecular Hbond substituents is 3. The predicted molar refractivity (Wildman–Crippen MR) is 290 cm³/mol. The van der Waals surface area contributed by atoms with Crippen LogP contribution in [0.2, 0.25) is 0 Å². The third-order valence-electron chi connectivity index (χ3n) is 14.5. The van der Waals surface area contributed by atoms with Crippen molar-refractivity contribution in [2.75, 3.05) is 19.7 Å². The minimum Gasteiger partial charge on any atom is -0.508 e. The number of carbonyl (C=O) groups is 10. The Morgan fingerprint density at radius 3 is 1.46 bits per heavy atom. The number of phenols is 3. The Labute approximate surface area is 468 Å². The largest absolute Gasteiger partial charge is 0.508 e. The predicted octanol–water partition coefficient (Wildman–Crippen LogP) is -0.307. The Bertz CT molecular complexity index is 2710. The van der Waals surface area contributed by atoms with E-state index in [4.69, 9.17) is 10.8 Å². The zero-order valence-corrected chi connectivity index (χ0v) is 45.7. The molecule has 2 heterocycles. The van der Waals surface area contributed by atoms with Crippen LogP contribution in [0.5, 0.6) is 17.2 Å². The fraction of sp³-hybridized carbons (Fsp3) is 0.500. The molecule has 440 valence electrons. The Kier molecular flexibility index (Phi) is 23.3. The third kappa shape index (κ3) is 18.1. The lowest BCUT2D eigenvalue weighted by Gasteiger charge is -2.35. The highest BCUT2D eigenvalue weighted by molar-refractivity contribution is 5.99. The summed E-state index contributed by atoms with van der Waals surface area (Å²) in [6.45, 7) is 6.17. The van der Waals surface area contributed by atoms with Crippen LogP contribution >= 0.6 is 0 Å². The molecule has 0 spiro atoms. The molecule has 2 aliphatic heterocycles. The van der Waals surface area contributed by atoms with Crippen LogP contribution in [0.1, 0.15) is 89.3 Å². The number of carbonyl (C=O) groups excluding carboxylic acids is 8. The average Bonchev–Trinajstić information content (AvgIpc) is 4.25. The summed E-state index contributed by atoms with van der Waals surface area (Å²) in [6.07, 6.45) is 0.350. The molecule has 25 heteroatoms. The fourth-order valence-corrected chi connectivity index (χ4v) is 9.59. The molecule has 0 saturated carbocycles. The smallest absolute Gasteiger partial charge is 0.326 e. The van der Waals surface area contributed by atoms with Gasteiger partial charge in [0.2, 0.25) is 47.3 Å². The number of nitrogens with zero attached hydrogens (tertiary/aromatic N) is 2. The van der Waals surface area contributed by atoms with Gasteiger partial charge in [-0.1, -0.05) is 70.5 Å². The van der Waals surface area contributed by atoms with Gasteiger partial charge in [0.25, 0.3) is 0 Å². The molecule has 2 fully saturated rings. The molecule has 0 unspecified atom stereocenters. The quantitative estimate of drug-likeness (QED) is 0.0444. The number of hydrogen-bond donors (Lipinski definition) is 13. The molecule has 10 atom stereocenters. The second kappa shape index (κ2) is 29.8. The summed E-state index contributed by atoms with van der Waals surface area (Å²) in [4.78, 5) is 139. The molecular formula is C56H75N9O16. The number of hydrogen-bond acceptors (Lipinski definition) is 15. The molecule has 81 heavy (non-hydrogen) atoms. The van der Waals surface area contributed by atoms with Gasteiger partial charge in [0.05, 0.1) is 12.6 Å². The molecule has 3 aromatic carbocycles. The van der Waals surface area contributed by atoms with E-state index in [9.17, 15) is 73.5 Å². The number of nitrogens with one attached hydrogen (secondary N) is 6. The van der Waals surface area contributed by atoms with Gasteiger partial charge < -0.3 is 78.1 Å². The van der Waals surface area contributed by atoms with Gasteiger partial charge in [-0.15, -0.1) is 0 Å². The van der Waals surface area contributed by atoms with Gasteiger partial charge in [0.15, 0.2) is 0 Å². The second-order valence-corrected chi connectivity index (χ2v) is 20.9. The number of nitrogens with two attached hydrogens (primary N) is 1. The van der Waals surface area contributed by atoms with Crippen molar-refractivity contribution < 1.29 is 78.6 Å². The summed E-state index contributed by atoms with van der Waals surface area (Å²) in [5, 5.41) is 74.4. The maximum Gasteiger partial charge on any atom is 0.326 e. The van der Waals surface area contributed by atoms with E-state index in [1.54, 1.807) is 20.8 Å². The van der Waals surface area contributed by atoms with E-state index in [-0.39, 0.29) is 75.3 Å².